The Morgan fingerprint density at radius 3 is 1.53 bits per heavy atom. The van der Waals surface area contributed by atoms with E-state index in [1.807, 2.05) is 18.7 Å². The SMILES string of the molecule is [2H]C(CCOC(=O)OCC(COC(=O)CCCCCCC/C=C\C/C=C\CCCCC)COC(=O)CCC(OCCCCCCCC)OCCCCCCCC)N(CC)CC. The van der Waals surface area contributed by atoms with Crippen LogP contribution in [0.15, 0.2) is 24.3 Å². The van der Waals surface area contributed by atoms with Gasteiger partial charge in [-0.05, 0) is 70.9 Å². The van der Waals surface area contributed by atoms with Crippen LogP contribution in [0.2, 0.25) is 0 Å². The van der Waals surface area contributed by atoms with Crippen LogP contribution in [-0.4, -0.2) is 88.5 Å². The monoisotopic (exact) mass is 853 g/mol. The summed E-state index contributed by atoms with van der Waals surface area (Å²) in [5.74, 6) is -1.30. The van der Waals surface area contributed by atoms with Crippen LogP contribution in [0.3, 0.4) is 0 Å². The summed E-state index contributed by atoms with van der Waals surface area (Å²) in [5, 5.41) is 0. The van der Waals surface area contributed by atoms with Gasteiger partial charge >= 0.3 is 18.1 Å². The van der Waals surface area contributed by atoms with E-state index in [2.05, 4.69) is 45.1 Å². The number of esters is 2. The molecule has 0 radical (unpaired) electrons. The molecule has 0 aromatic carbocycles. The number of carbonyl (C=O) groups is 3. The minimum absolute atomic E-state index is 0.0503. The summed E-state index contributed by atoms with van der Waals surface area (Å²) in [5.41, 5.74) is 0. The first-order chi connectivity index (χ1) is 29.8. The first kappa shape index (κ1) is 55.6. The van der Waals surface area contributed by atoms with Crippen molar-refractivity contribution in [2.24, 2.45) is 5.92 Å². The summed E-state index contributed by atoms with van der Waals surface area (Å²) in [6, 6.07) is 0. The molecule has 0 rings (SSSR count). The Hall–Kier alpha value is -2.43. The van der Waals surface area contributed by atoms with Gasteiger partial charge in [-0.25, -0.2) is 4.79 Å². The van der Waals surface area contributed by atoms with Gasteiger partial charge in [-0.3, -0.25) is 9.59 Å². The highest BCUT2D eigenvalue weighted by atomic mass is 16.7. The van der Waals surface area contributed by atoms with Crippen LogP contribution < -0.4 is 0 Å². The molecule has 60 heavy (non-hydrogen) atoms. The van der Waals surface area contributed by atoms with Gasteiger partial charge in [-0.15, -0.1) is 0 Å². The molecule has 352 valence electrons. The van der Waals surface area contributed by atoms with Crippen LogP contribution in [0.4, 0.5) is 4.79 Å². The molecule has 0 aliphatic carbocycles. The van der Waals surface area contributed by atoms with E-state index >= 15 is 0 Å². The summed E-state index contributed by atoms with van der Waals surface area (Å²) in [7, 11) is 0. The normalized spacial score (nSPS) is 13.0. The number of rotatable bonds is 45. The van der Waals surface area contributed by atoms with Gasteiger partial charge < -0.3 is 33.3 Å². The topological polar surface area (TPSA) is 110 Å². The van der Waals surface area contributed by atoms with Crippen molar-refractivity contribution in [3.8, 4) is 0 Å². The number of nitrogens with zero attached hydrogens (tertiary/aromatic N) is 1. The molecule has 0 spiro atoms. The highest BCUT2D eigenvalue weighted by molar-refractivity contribution is 5.69. The fraction of sp³-hybridized carbons (Fsp3) is 0.860. The van der Waals surface area contributed by atoms with E-state index in [9.17, 15) is 14.4 Å². The Kier molecular flexibility index (Phi) is 42.7. The van der Waals surface area contributed by atoms with Gasteiger partial charge in [0.05, 0.1) is 18.9 Å². The van der Waals surface area contributed by atoms with E-state index in [1.165, 1.54) is 77.0 Å². The van der Waals surface area contributed by atoms with E-state index in [1.54, 1.807) is 0 Å². The zero-order valence-corrected chi connectivity index (χ0v) is 39.4. The van der Waals surface area contributed by atoms with Gasteiger partial charge in [0, 0.05) is 33.9 Å². The number of carbonyl (C=O) groups excluding carboxylic acids is 3. The Labute approximate surface area is 370 Å². The number of ether oxygens (including phenoxy) is 6. The molecule has 0 N–H and O–H groups in total. The molecule has 0 aliphatic heterocycles. The molecule has 0 aromatic heterocycles. The van der Waals surface area contributed by atoms with Crippen molar-refractivity contribution < 1.29 is 44.2 Å². The minimum atomic E-state index is -0.868. The predicted octanol–water partition coefficient (Wildman–Crippen LogP) is 13.2. The second kappa shape index (κ2) is 46.1. The second-order valence-corrected chi connectivity index (χ2v) is 16.1. The summed E-state index contributed by atoms with van der Waals surface area (Å²) in [6.07, 6.45) is 35.0. The smallest absolute Gasteiger partial charge is 0.465 e. The maximum absolute atomic E-state index is 13.0. The second-order valence-electron chi connectivity index (χ2n) is 16.1. The third kappa shape index (κ3) is 40.9. The third-order valence-corrected chi connectivity index (χ3v) is 10.5. The van der Waals surface area contributed by atoms with Gasteiger partial charge in [-0.2, -0.15) is 0 Å². The average Bonchev–Trinajstić information content (AvgIpc) is 3.25. The van der Waals surface area contributed by atoms with E-state index < -0.39 is 30.9 Å². The molecule has 0 saturated carbocycles. The maximum atomic E-state index is 13.0. The molecule has 2 unspecified atom stereocenters. The molecule has 10 heteroatoms. The van der Waals surface area contributed by atoms with E-state index in [0.717, 1.165) is 83.7 Å². The Morgan fingerprint density at radius 1 is 0.500 bits per heavy atom. The number of allylic oxidation sites excluding steroid dienone is 4. The minimum Gasteiger partial charge on any atom is -0.465 e. The van der Waals surface area contributed by atoms with Gasteiger partial charge in [0.1, 0.15) is 19.8 Å². The van der Waals surface area contributed by atoms with Crippen LogP contribution in [0, 0.1) is 5.92 Å². The van der Waals surface area contributed by atoms with Crippen LogP contribution in [-0.2, 0) is 38.0 Å². The zero-order chi connectivity index (χ0) is 44.9. The first-order valence-electron chi connectivity index (χ1n) is 25.2. The van der Waals surface area contributed by atoms with Crippen LogP contribution in [0.25, 0.3) is 0 Å². The van der Waals surface area contributed by atoms with Crippen LogP contribution in [0.5, 0.6) is 0 Å². The first-order valence-corrected chi connectivity index (χ1v) is 24.6. The van der Waals surface area contributed by atoms with Crippen molar-refractivity contribution in [2.45, 2.75) is 214 Å². The molecule has 0 aromatic rings. The summed E-state index contributed by atoms with van der Waals surface area (Å²) in [4.78, 5) is 40.0. The largest absolute Gasteiger partial charge is 0.508 e. The van der Waals surface area contributed by atoms with Crippen LogP contribution >= 0.6 is 0 Å². The van der Waals surface area contributed by atoms with Crippen molar-refractivity contribution in [3.63, 3.8) is 0 Å². The molecule has 0 heterocycles. The Morgan fingerprint density at radius 2 is 0.967 bits per heavy atom. The fourth-order valence-corrected chi connectivity index (χ4v) is 6.52. The Bertz CT molecular complexity index is 1040. The zero-order valence-electron chi connectivity index (χ0n) is 40.4. The van der Waals surface area contributed by atoms with Crippen molar-refractivity contribution in [1.29, 1.82) is 0 Å². The number of hydrogen-bond acceptors (Lipinski definition) is 10. The van der Waals surface area contributed by atoms with Crippen molar-refractivity contribution in [1.82, 2.24) is 4.90 Å². The summed E-state index contributed by atoms with van der Waals surface area (Å²) >= 11 is 0. The van der Waals surface area contributed by atoms with Crippen LogP contribution in [0.1, 0.15) is 209 Å². The van der Waals surface area contributed by atoms with Gasteiger partial charge in [0.25, 0.3) is 0 Å². The van der Waals surface area contributed by atoms with Crippen molar-refractivity contribution in [2.75, 3.05) is 59.3 Å². The maximum Gasteiger partial charge on any atom is 0.508 e. The number of hydrogen-bond donors (Lipinski definition) is 0. The molecule has 0 amide bonds. The standard InChI is InChI=1S/C50H93NO9/c1-6-11-14-17-20-21-22-23-24-25-26-27-28-29-32-36-47(52)58-43-46(45-60-50(54)57-42-35-39-51(9-4)10-5)44-59-48(53)37-38-49(55-40-33-30-18-15-12-7-2)56-41-34-31-19-16-13-8-3/h20-21,23-24,46,49H,6-19,22,25-45H2,1-5H3/b21-20-,24-23-/i39D. The highest BCUT2D eigenvalue weighted by Gasteiger charge is 2.20. The average molecular weight is 853 g/mol. The lowest BCUT2D eigenvalue weighted by Crippen LogP contribution is -2.28. The van der Waals surface area contributed by atoms with E-state index in [-0.39, 0.29) is 38.8 Å². The van der Waals surface area contributed by atoms with E-state index in [4.69, 9.17) is 29.8 Å². The quantitative estimate of drug-likeness (QED) is 0.0193. The van der Waals surface area contributed by atoms with Gasteiger partial charge in [0.2, 0.25) is 0 Å². The predicted molar refractivity (Wildman–Crippen MR) is 246 cm³/mol. The molecule has 0 saturated heterocycles. The third-order valence-electron chi connectivity index (χ3n) is 10.5. The molecular weight excluding hydrogens is 759 g/mol. The lowest BCUT2D eigenvalue weighted by atomic mass is 10.1. The summed E-state index contributed by atoms with van der Waals surface area (Å²) in [6.45, 7) is 12.6. The molecule has 0 bridgehead atoms. The van der Waals surface area contributed by atoms with Gasteiger partial charge in [0.15, 0.2) is 6.29 Å². The lowest BCUT2D eigenvalue weighted by Gasteiger charge is -2.20. The molecule has 0 aliphatic rings. The summed E-state index contributed by atoms with van der Waals surface area (Å²) < 4.78 is 42.2. The molecular formula is C50H93NO9. The lowest BCUT2D eigenvalue weighted by molar-refractivity contribution is -0.161. The van der Waals surface area contributed by atoms with Crippen molar-refractivity contribution in [3.05, 3.63) is 24.3 Å². The Balaban J connectivity index is 4.91. The van der Waals surface area contributed by atoms with E-state index in [0.29, 0.717) is 32.5 Å². The molecule has 0 fully saturated rings. The molecule has 2 atom stereocenters. The number of unbranched alkanes of at least 4 members (excludes halogenated alkanes) is 18. The highest BCUT2D eigenvalue weighted by Crippen LogP contribution is 2.14. The van der Waals surface area contributed by atoms with Gasteiger partial charge in [-0.1, -0.05) is 155 Å². The molecule has 10 nitrogen and oxygen atoms in total. The fourth-order valence-electron chi connectivity index (χ4n) is 6.52. The van der Waals surface area contributed by atoms with Crippen molar-refractivity contribution >= 4 is 18.1 Å².